The Hall–Kier alpha value is -5.30. The lowest BCUT2D eigenvalue weighted by Crippen LogP contribution is -2.14. The molecule has 2 amide bonds. The maximum atomic E-state index is 13.1. The molecule has 0 aliphatic carbocycles. The molecule has 0 atom stereocenters. The zero-order valence-electron chi connectivity index (χ0n) is 19.6. The quantitative estimate of drug-likeness (QED) is 0.272. The number of carbonyl (C=O) groups is 2. The van der Waals surface area contributed by atoms with Crippen LogP contribution < -0.4 is 10.6 Å². The second kappa shape index (κ2) is 10.5. The molecule has 2 heterocycles. The molecule has 5 aromatic rings. The van der Waals surface area contributed by atoms with E-state index in [0.717, 1.165) is 22.4 Å². The summed E-state index contributed by atoms with van der Waals surface area (Å²) in [5.74, 6) is -0.835. The third-order valence-corrected chi connectivity index (χ3v) is 5.74. The van der Waals surface area contributed by atoms with Gasteiger partial charge >= 0.3 is 0 Å². The first-order valence-electron chi connectivity index (χ1n) is 11.5. The first kappa shape index (κ1) is 23.4. The van der Waals surface area contributed by atoms with Gasteiger partial charge in [0.25, 0.3) is 11.8 Å². The average molecular weight is 487 g/mol. The molecule has 3 N–H and O–H groups in total. The van der Waals surface area contributed by atoms with Crippen molar-refractivity contribution in [3.05, 3.63) is 127 Å². The van der Waals surface area contributed by atoms with E-state index in [0.29, 0.717) is 16.9 Å². The molecule has 3 aromatic carbocycles. The van der Waals surface area contributed by atoms with Crippen molar-refractivity contribution in [3.8, 4) is 28.1 Å². The fraction of sp³-hybridized carbons (Fsp3) is 0. The Morgan fingerprint density at radius 3 is 1.97 bits per heavy atom. The standard InChI is InChI=1S/C30H22N4O3/c35-27-9-5-4-8-25(27)30(37)34-24-12-10-23(11-13-24)33-29(36)22-18-26(20-14-16-31-17-15-20)28(32-19-22)21-6-2-1-3-7-21/h1-19,35H,(H,33,36)(H,34,37). The summed E-state index contributed by atoms with van der Waals surface area (Å²) in [7, 11) is 0. The topological polar surface area (TPSA) is 104 Å². The molecule has 0 bridgehead atoms. The highest BCUT2D eigenvalue weighted by Gasteiger charge is 2.15. The summed E-state index contributed by atoms with van der Waals surface area (Å²) in [6.07, 6.45) is 4.97. The van der Waals surface area contributed by atoms with Gasteiger partial charge in [0.2, 0.25) is 0 Å². The van der Waals surface area contributed by atoms with Crippen LogP contribution in [0.4, 0.5) is 11.4 Å². The highest BCUT2D eigenvalue weighted by molar-refractivity contribution is 6.07. The molecular formula is C30H22N4O3. The van der Waals surface area contributed by atoms with Gasteiger partial charge in [-0.25, -0.2) is 0 Å². The van der Waals surface area contributed by atoms with Crippen molar-refractivity contribution in [1.29, 1.82) is 0 Å². The van der Waals surface area contributed by atoms with Crippen molar-refractivity contribution in [3.63, 3.8) is 0 Å². The molecule has 0 unspecified atom stereocenters. The summed E-state index contributed by atoms with van der Waals surface area (Å²) in [5, 5.41) is 15.5. The summed E-state index contributed by atoms with van der Waals surface area (Å²) in [5.41, 5.74) is 5.11. The van der Waals surface area contributed by atoms with Crippen LogP contribution in [0.25, 0.3) is 22.4 Å². The number of nitrogens with one attached hydrogen (secondary N) is 2. The predicted octanol–water partition coefficient (Wildman–Crippen LogP) is 6.02. The molecule has 0 fully saturated rings. The number of phenolic OH excluding ortho intramolecular Hbond substituents is 1. The van der Waals surface area contributed by atoms with Crippen molar-refractivity contribution in [1.82, 2.24) is 9.97 Å². The van der Waals surface area contributed by atoms with Gasteiger partial charge in [-0.05, 0) is 60.2 Å². The maximum absolute atomic E-state index is 13.1. The van der Waals surface area contributed by atoms with E-state index in [2.05, 4.69) is 20.6 Å². The van der Waals surface area contributed by atoms with Gasteiger partial charge in [-0.3, -0.25) is 19.6 Å². The average Bonchev–Trinajstić information content (AvgIpc) is 2.95. The van der Waals surface area contributed by atoms with Crippen molar-refractivity contribution in [2.75, 3.05) is 10.6 Å². The van der Waals surface area contributed by atoms with Crippen molar-refractivity contribution in [2.24, 2.45) is 0 Å². The van der Waals surface area contributed by atoms with Crippen LogP contribution in [0, 0.1) is 0 Å². The van der Waals surface area contributed by atoms with Crippen molar-refractivity contribution in [2.45, 2.75) is 0 Å². The highest BCUT2D eigenvalue weighted by Crippen LogP contribution is 2.31. The number of amides is 2. The largest absolute Gasteiger partial charge is 0.507 e. The smallest absolute Gasteiger partial charge is 0.259 e. The number of rotatable bonds is 6. The summed E-state index contributed by atoms with van der Waals surface area (Å²) in [6.45, 7) is 0. The summed E-state index contributed by atoms with van der Waals surface area (Å²) in [4.78, 5) is 34.2. The Balaban J connectivity index is 1.35. The number of hydrogen-bond acceptors (Lipinski definition) is 5. The molecule has 180 valence electrons. The summed E-state index contributed by atoms with van der Waals surface area (Å²) >= 11 is 0. The molecule has 0 aliphatic rings. The minimum absolute atomic E-state index is 0.0955. The molecule has 37 heavy (non-hydrogen) atoms. The van der Waals surface area contributed by atoms with Crippen LogP contribution >= 0.6 is 0 Å². The van der Waals surface area contributed by atoms with Crippen LogP contribution in [0.3, 0.4) is 0 Å². The Labute approximate surface area is 213 Å². The lowest BCUT2D eigenvalue weighted by Gasteiger charge is -2.12. The van der Waals surface area contributed by atoms with E-state index in [1.165, 1.54) is 12.1 Å². The van der Waals surface area contributed by atoms with Crippen LogP contribution in [0.15, 0.2) is 116 Å². The van der Waals surface area contributed by atoms with E-state index in [9.17, 15) is 14.7 Å². The lowest BCUT2D eigenvalue weighted by atomic mass is 9.98. The fourth-order valence-corrected chi connectivity index (χ4v) is 3.87. The molecule has 0 saturated carbocycles. The van der Waals surface area contributed by atoms with Crippen LogP contribution in [0.1, 0.15) is 20.7 Å². The van der Waals surface area contributed by atoms with E-state index in [-0.39, 0.29) is 17.2 Å². The van der Waals surface area contributed by atoms with E-state index >= 15 is 0 Å². The number of phenols is 1. The van der Waals surface area contributed by atoms with E-state index < -0.39 is 5.91 Å². The number of pyridine rings is 2. The minimum Gasteiger partial charge on any atom is -0.507 e. The maximum Gasteiger partial charge on any atom is 0.259 e. The van der Waals surface area contributed by atoms with Gasteiger partial charge in [-0.2, -0.15) is 0 Å². The summed E-state index contributed by atoms with van der Waals surface area (Å²) < 4.78 is 0. The van der Waals surface area contributed by atoms with Crippen LogP contribution in [0.2, 0.25) is 0 Å². The Bertz CT molecular complexity index is 1550. The van der Waals surface area contributed by atoms with Gasteiger partial charge in [0.15, 0.2) is 0 Å². The van der Waals surface area contributed by atoms with Crippen molar-refractivity contribution >= 4 is 23.2 Å². The number of carbonyl (C=O) groups excluding carboxylic acids is 2. The molecule has 7 nitrogen and oxygen atoms in total. The Morgan fingerprint density at radius 1 is 0.676 bits per heavy atom. The highest BCUT2D eigenvalue weighted by atomic mass is 16.3. The number of para-hydroxylation sites is 1. The van der Waals surface area contributed by atoms with Gasteiger partial charge in [0.1, 0.15) is 5.75 Å². The van der Waals surface area contributed by atoms with Crippen LogP contribution in [0.5, 0.6) is 5.75 Å². The normalized spacial score (nSPS) is 10.5. The third-order valence-electron chi connectivity index (χ3n) is 5.74. The minimum atomic E-state index is -0.428. The monoisotopic (exact) mass is 486 g/mol. The third kappa shape index (κ3) is 5.36. The predicted molar refractivity (Wildman–Crippen MR) is 143 cm³/mol. The lowest BCUT2D eigenvalue weighted by molar-refractivity contribution is 0.101. The first-order chi connectivity index (χ1) is 18.1. The first-order valence-corrected chi connectivity index (χ1v) is 11.5. The second-order valence-electron chi connectivity index (χ2n) is 8.22. The number of benzene rings is 3. The summed E-state index contributed by atoms with van der Waals surface area (Å²) in [6, 6.07) is 28.4. The van der Waals surface area contributed by atoms with Crippen LogP contribution in [-0.4, -0.2) is 26.9 Å². The molecular weight excluding hydrogens is 464 g/mol. The van der Waals surface area contributed by atoms with Gasteiger partial charge in [0.05, 0.1) is 16.8 Å². The molecule has 0 spiro atoms. The van der Waals surface area contributed by atoms with E-state index in [1.54, 1.807) is 55.0 Å². The molecule has 5 rings (SSSR count). The van der Waals surface area contributed by atoms with Gasteiger partial charge in [-0.15, -0.1) is 0 Å². The van der Waals surface area contributed by atoms with Gasteiger partial charge < -0.3 is 15.7 Å². The number of hydrogen-bond donors (Lipinski definition) is 3. The molecule has 2 aromatic heterocycles. The van der Waals surface area contributed by atoms with Gasteiger partial charge in [-0.1, -0.05) is 42.5 Å². The zero-order chi connectivity index (χ0) is 25.6. The van der Waals surface area contributed by atoms with Crippen LogP contribution in [-0.2, 0) is 0 Å². The number of aromatic nitrogens is 2. The molecule has 7 heteroatoms. The molecule has 0 aliphatic heterocycles. The SMILES string of the molecule is O=C(Nc1ccc(NC(=O)c2ccccc2O)cc1)c1cnc(-c2ccccc2)c(-c2ccncc2)c1. The number of aromatic hydroxyl groups is 1. The molecule has 0 radical (unpaired) electrons. The Kier molecular flexibility index (Phi) is 6.67. The second-order valence-corrected chi connectivity index (χ2v) is 8.22. The van der Waals surface area contributed by atoms with Gasteiger partial charge in [0, 0.05) is 41.1 Å². The molecule has 0 saturated heterocycles. The van der Waals surface area contributed by atoms with Crippen molar-refractivity contribution < 1.29 is 14.7 Å². The zero-order valence-corrected chi connectivity index (χ0v) is 19.6. The number of anilines is 2. The van der Waals surface area contributed by atoms with E-state index in [1.807, 2.05) is 48.5 Å². The Morgan fingerprint density at radius 2 is 1.30 bits per heavy atom. The van der Waals surface area contributed by atoms with E-state index in [4.69, 9.17) is 0 Å². The fourth-order valence-electron chi connectivity index (χ4n) is 3.87. The number of nitrogens with zero attached hydrogens (tertiary/aromatic N) is 2.